The summed E-state index contributed by atoms with van der Waals surface area (Å²) in [6.07, 6.45) is 0. The summed E-state index contributed by atoms with van der Waals surface area (Å²) in [5.41, 5.74) is 3.70. The van der Waals surface area contributed by atoms with Crippen LogP contribution in [0, 0.1) is 6.92 Å². The van der Waals surface area contributed by atoms with Crippen LogP contribution in [0.1, 0.15) is 15.9 Å². The number of esters is 1. The lowest BCUT2D eigenvalue weighted by Gasteiger charge is -2.10. The minimum Gasteiger partial charge on any atom is -0.465 e. The van der Waals surface area contributed by atoms with E-state index in [2.05, 4.69) is 12.6 Å². The zero-order valence-electron chi connectivity index (χ0n) is 10.3. The van der Waals surface area contributed by atoms with E-state index in [9.17, 15) is 4.79 Å². The second-order valence-electron chi connectivity index (χ2n) is 4.04. The topological polar surface area (TPSA) is 26.3 Å². The van der Waals surface area contributed by atoms with Crippen LogP contribution in [0.5, 0.6) is 0 Å². The molecule has 0 aliphatic carbocycles. The van der Waals surface area contributed by atoms with Crippen LogP contribution in [0.15, 0.2) is 47.4 Å². The number of thiol groups is 1. The Kier molecular flexibility index (Phi) is 3.72. The van der Waals surface area contributed by atoms with E-state index < -0.39 is 0 Å². The highest BCUT2D eigenvalue weighted by atomic mass is 32.1. The van der Waals surface area contributed by atoms with Gasteiger partial charge < -0.3 is 4.74 Å². The third-order valence-electron chi connectivity index (χ3n) is 2.82. The number of methoxy groups -OCH3 is 1. The standard InChI is InChI=1S/C15H14O2S/c1-10-5-3-8-13(18)14(10)11-6-4-7-12(9-11)15(16)17-2/h3-9,18H,1-2H3. The highest BCUT2D eigenvalue weighted by molar-refractivity contribution is 7.80. The first-order valence-electron chi connectivity index (χ1n) is 5.61. The Morgan fingerprint density at radius 2 is 1.89 bits per heavy atom. The van der Waals surface area contributed by atoms with Crippen molar-refractivity contribution in [2.75, 3.05) is 7.11 Å². The van der Waals surface area contributed by atoms with E-state index in [1.807, 2.05) is 43.3 Å². The zero-order valence-corrected chi connectivity index (χ0v) is 11.2. The largest absolute Gasteiger partial charge is 0.465 e. The molecular formula is C15H14O2S. The van der Waals surface area contributed by atoms with Crippen LogP contribution >= 0.6 is 12.6 Å². The van der Waals surface area contributed by atoms with Gasteiger partial charge in [-0.2, -0.15) is 0 Å². The summed E-state index contributed by atoms with van der Waals surface area (Å²) >= 11 is 4.47. The summed E-state index contributed by atoms with van der Waals surface area (Å²) in [4.78, 5) is 12.4. The van der Waals surface area contributed by atoms with Gasteiger partial charge in [-0.15, -0.1) is 12.6 Å². The molecule has 2 aromatic rings. The Morgan fingerprint density at radius 1 is 1.17 bits per heavy atom. The fourth-order valence-corrected chi connectivity index (χ4v) is 2.34. The second-order valence-corrected chi connectivity index (χ2v) is 4.52. The third-order valence-corrected chi connectivity index (χ3v) is 3.20. The van der Waals surface area contributed by atoms with Crippen molar-refractivity contribution >= 4 is 18.6 Å². The van der Waals surface area contributed by atoms with E-state index in [-0.39, 0.29) is 5.97 Å². The number of carbonyl (C=O) groups excluding carboxylic acids is 1. The molecule has 3 heteroatoms. The van der Waals surface area contributed by atoms with Crippen molar-refractivity contribution in [1.82, 2.24) is 0 Å². The molecule has 92 valence electrons. The van der Waals surface area contributed by atoms with Gasteiger partial charge in [0.1, 0.15) is 0 Å². The summed E-state index contributed by atoms with van der Waals surface area (Å²) < 4.78 is 4.73. The number of benzene rings is 2. The van der Waals surface area contributed by atoms with Crippen LogP contribution < -0.4 is 0 Å². The van der Waals surface area contributed by atoms with Gasteiger partial charge in [0.2, 0.25) is 0 Å². The first-order chi connectivity index (χ1) is 8.63. The maximum atomic E-state index is 11.5. The molecule has 0 fully saturated rings. The molecule has 0 bridgehead atoms. The van der Waals surface area contributed by atoms with Crippen molar-refractivity contribution in [1.29, 1.82) is 0 Å². The van der Waals surface area contributed by atoms with Crippen LogP contribution in [0.3, 0.4) is 0 Å². The molecule has 0 spiro atoms. The van der Waals surface area contributed by atoms with Gasteiger partial charge in [0.25, 0.3) is 0 Å². The van der Waals surface area contributed by atoms with Gasteiger partial charge in [0, 0.05) is 4.90 Å². The fourth-order valence-electron chi connectivity index (χ4n) is 1.95. The van der Waals surface area contributed by atoms with E-state index in [4.69, 9.17) is 4.74 Å². The first kappa shape index (κ1) is 12.7. The van der Waals surface area contributed by atoms with Crippen LogP contribution in [0.2, 0.25) is 0 Å². The molecule has 0 atom stereocenters. The lowest BCUT2D eigenvalue weighted by Crippen LogP contribution is -2.01. The maximum absolute atomic E-state index is 11.5. The molecule has 0 heterocycles. The third kappa shape index (κ3) is 2.41. The molecule has 0 saturated heterocycles. The molecule has 0 aliphatic heterocycles. The van der Waals surface area contributed by atoms with Crippen molar-refractivity contribution in [3.63, 3.8) is 0 Å². The molecule has 2 rings (SSSR count). The quantitative estimate of drug-likeness (QED) is 0.656. The Labute approximate surface area is 112 Å². The smallest absolute Gasteiger partial charge is 0.337 e. The molecule has 0 aliphatic rings. The normalized spacial score (nSPS) is 10.2. The van der Waals surface area contributed by atoms with Gasteiger partial charge in [-0.25, -0.2) is 4.79 Å². The predicted octanol–water partition coefficient (Wildman–Crippen LogP) is 3.74. The number of aryl methyl sites for hydroxylation is 1. The Bertz CT molecular complexity index is 571. The van der Waals surface area contributed by atoms with Crippen molar-refractivity contribution < 1.29 is 9.53 Å². The van der Waals surface area contributed by atoms with Crippen LogP contribution in [0.4, 0.5) is 0 Å². The molecule has 18 heavy (non-hydrogen) atoms. The van der Waals surface area contributed by atoms with Gasteiger partial charge in [-0.3, -0.25) is 0 Å². The molecule has 2 aromatic carbocycles. The minimum absolute atomic E-state index is 0.328. The Morgan fingerprint density at radius 3 is 2.56 bits per heavy atom. The highest BCUT2D eigenvalue weighted by Gasteiger charge is 2.10. The summed E-state index contributed by atoms with van der Waals surface area (Å²) in [6, 6.07) is 13.3. The molecule has 0 radical (unpaired) electrons. The average Bonchev–Trinajstić information content (AvgIpc) is 2.38. The monoisotopic (exact) mass is 258 g/mol. The van der Waals surface area contributed by atoms with Crippen LogP contribution in [0.25, 0.3) is 11.1 Å². The van der Waals surface area contributed by atoms with Crippen molar-refractivity contribution in [3.05, 3.63) is 53.6 Å². The van der Waals surface area contributed by atoms with Crippen molar-refractivity contribution in [2.45, 2.75) is 11.8 Å². The number of hydrogen-bond donors (Lipinski definition) is 1. The van der Waals surface area contributed by atoms with Crippen LogP contribution in [-0.2, 0) is 4.74 Å². The van der Waals surface area contributed by atoms with Gasteiger partial charge in [0.05, 0.1) is 12.7 Å². The lowest BCUT2D eigenvalue weighted by atomic mass is 9.99. The minimum atomic E-state index is -0.328. The van der Waals surface area contributed by atoms with Gasteiger partial charge >= 0.3 is 5.97 Å². The molecule has 0 saturated carbocycles. The number of ether oxygens (including phenoxy) is 1. The van der Waals surface area contributed by atoms with E-state index in [1.54, 1.807) is 6.07 Å². The number of hydrogen-bond acceptors (Lipinski definition) is 3. The van der Waals surface area contributed by atoms with E-state index in [0.29, 0.717) is 5.56 Å². The highest BCUT2D eigenvalue weighted by Crippen LogP contribution is 2.30. The summed E-state index contributed by atoms with van der Waals surface area (Å²) in [5, 5.41) is 0. The summed E-state index contributed by atoms with van der Waals surface area (Å²) in [5.74, 6) is -0.328. The average molecular weight is 258 g/mol. The molecule has 0 N–H and O–H groups in total. The van der Waals surface area contributed by atoms with E-state index in [0.717, 1.165) is 21.6 Å². The van der Waals surface area contributed by atoms with Gasteiger partial charge in [-0.1, -0.05) is 24.3 Å². The number of rotatable bonds is 2. The molecular weight excluding hydrogens is 244 g/mol. The van der Waals surface area contributed by atoms with E-state index >= 15 is 0 Å². The second kappa shape index (κ2) is 5.27. The molecule has 2 nitrogen and oxygen atoms in total. The molecule has 0 unspecified atom stereocenters. The SMILES string of the molecule is COC(=O)c1cccc(-c2c(C)cccc2S)c1. The summed E-state index contributed by atoms with van der Waals surface area (Å²) in [6.45, 7) is 2.03. The lowest BCUT2D eigenvalue weighted by molar-refractivity contribution is 0.0601. The van der Waals surface area contributed by atoms with Gasteiger partial charge in [-0.05, 0) is 41.8 Å². The predicted molar refractivity (Wildman–Crippen MR) is 75.2 cm³/mol. The Hall–Kier alpha value is -1.74. The van der Waals surface area contributed by atoms with Crippen molar-refractivity contribution in [2.24, 2.45) is 0 Å². The fraction of sp³-hybridized carbons (Fsp3) is 0.133. The number of carbonyl (C=O) groups is 1. The molecule has 0 aromatic heterocycles. The molecule has 0 amide bonds. The van der Waals surface area contributed by atoms with E-state index in [1.165, 1.54) is 7.11 Å². The summed E-state index contributed by atoms with van der Waals surface area (Å²) in [7, 11) is 1.38. The van der Waals surface area contributed by atoms with Crippen molar-refractivity contribution in [3.8, 4) is 11.1 Å². The van der Waals surface area contributed by atoms with Gasteiger partial charge in [0.15, 0.2) is 0 Å². The maximum Gasteiger partial charge on any atom is 0.337 e. The Balaban J connectivity index is 2.55. The van der Waals surface area contributed by atoms with Crippen LogP contribution in [-0.4, -0.2) is 13.1 Å². The zero-order chi connectivity index (χ0) is 13.1. The first-order valence-corrected chi connectivity index (χ1v) is 6.05.